The van der Waals surface area contributed by atoms with Crippen molar-refractivity contribution in [2.45, 2.75) is 26.7 Å². The van der Waals surface area contributed by atoms with Crippen LogP contribution in [0.5, 0.6) is 0 Å². The van der Waals surface area contributed by atoms with Gasteiger partial charge in [-0.1, -0.05) is 13.0 Å². The second kappa shape index (κ2) is 4.67. The molecule has 1 unspecified atom stereocenters. The van der Waals surface area contributed by atoms with Crippen molar-refractivity contribution in [3.05, 3.63) is 28.8 Å². The Hall–Kier alpha value is -1.02. The molecule has 0 radical (unpaired) electrons. The molecule has 2 nitrogen and oxygen atoms in total. The fourth-order valence-corrected chi connectivity index (χ4v) is 1.72. The van der Waals surface area contributed by atoms with Crippen LogP contribution in [0.3, 0.4) is 0 Å². The average molecular weight is 207 g/mol. The zero-order valence-corrected chi connectivity index (χ0v) is 10.3. The molecule has 1 rings (SSSR count). The van der Waals surface area contributed by atoms with E-state index < -0.39 is 0 Å². The fraction of sp³-hybridized carbons (Fsp3) is 0.538. The van der Waals surface area contributed by atoms with Gasteiger partial charge in [-0.2, -0.15) is 0 Å². The summed E-state index contributed by atoms with van der Waals surface area (Å²) >= 11 is 0. The van der Waals surface area contributed by atoms with Crippen LogP contribution in [-0.2, 0) is 0 Å². The number of rotatable bonds is 3. The fourth-order valence-electron chi connectivity index (χ4n) is 1.72. The molecular weight excluding hydrogens is 186 g/mol. The first-order valence-electron chi connectivity index (χ1n) is 5.36. The molecule has 1 aromatic carbocycles. The van der Waals surface area contributed by atoms with Gasteiger partial charge >= 0.3 is 0 Å². The first-order valence-corrected chi connectivity index (χ1v) is 5.36. The van der Waals surface area contributed by atoms with Gasteiger partial charge in [-0.15, -0.1) is 0 Å². The van der Waals surface area contributed by atoms with Crippen molar-refractivity contribution in [3.63, 3.8) is 0 Å². The van der Waals surface area contributed by atoms with Crippen molar-refractivity contribution >= 4 is 5.69 Å². The summed E-state index contributed by atoms with van der Waals surface area (Å²) in [5.41, 5.74) is 5.06. The predicted molar refractivity (Wildman–Crippen MR) is 65.7 cm³/mol. The molecule has 1 aromatic rings. The Kier molecular flexibility index (Phi) is 3.75. The maximum Gasteiger partial charge on any atom is 0.0497 e. The lowest BCUT2D eigenvalue weighted by atomic mass is 9.96. The Morgan fingerprint density at radius 2 is 1.87 bits per heavy atom. The van der Waals surface area contributed by atoms with Crippen LogP contribution in [-0.4, -0.2) is 25.8 Å². The maximum absolute atomic E-state index is 9.16. The summed E-state index contributed by atoms with van der Waals surface area (Å²) in [5.74, 6) is 0.211. The molecule has 0 aromatic heterocycles. The molecule has 0 saturated heterocycles. The molecule has 0 bridgehead atoms. The Labute approximate surface area is 92.5 Å². The SMILES string of the molecule is Cc1cc(C(C)CO)cc(N(C)C)c1C. The van der Waals surface area contributed by atoms with E-state index in [9.17, 15) is 0 Å². The first-order chi connectivity index (χ1) is 6.97. The van der Waals surface area contributed by atoms with Crippen LogP contribution in [0.15, 0.2) is 12.1 Å². The predicted octanol–water partition coefficient (Wildman–Crippen LogP) is 2.47. The van der Waals surface area contributed by atoms with Gasteiger partial charge in [0.05, 0.1) is 0 Å². The molecule has 2 heteroatoms. The van der Waals surface area contributed by atoms with E-state index in [-0.39, 0.29) is 12.5 Å². The molecule has 0 amide bonds. The van der Waals surface area contributed by atoms with E-state index in [1.54, 1.807) is 0 Å². The van der Waals surface area contributed by atoms with Gasteiger partial charge in [-0.3, -0.25) is 0 Å². The van der Waals surface area contributed by atoms with Crippen molar-refractivity contribution < 1.29 is 5.11 Å². The molecule has 1 atom stereocenters. The van der Waals surface area contributed by atoms with Crippen molar-refractivity contribution in [2.24, 2.45) is 0 Å². The van der Waals surface area contributed by atoms with Gasteiger partial charge in [0, 0.05) is 32.3 Å². The number of hydrogen-bond donors (Lipinski definition) is 1. The van der Waals surface area contributed by atoms with Gasteiger partial charge < -0.3 is 10.0 Å². The lowest BCUT2D eigenvalue weighted by molar-refractivity contribution is 0.273. The van der Waals surface area contributed by atoms with E-state index in [1.807, 2.05) is 6.92 Å². The average Bonchev–Trinajstić information content (AvgIpc) is 2.20. The highest BCUT2D eigenvalue weighted by Gasteiger charge is 2.10. The molecule has 0 heterocycles. The van der Waals surface area contributed by atoms with Gasteiger partial charge in [0.25, 0.3) is 0 Å². The minimum Gasteiger partial charge on any atom is -0.396 e. The minimum absolute atomic E-state index is 0.204. The molecular formula is C13H21NO. The molecule has 0 aliphatic carbocycles. The smallest absolute Gasteiger partial charge is 0.0497 e. The second-order valence-corrected chi connectivity index (χ2v) is 4.46. The number of hydrogen-bond acceptors (Lipinski definition) is 2. The van der Waals surface area contributed by atoms with Crippen LogP contribution >= 0.6 is 0 Å². The van der Waals surface area contributed by atoms with E-state index in [1.165, 1.54) is 22.4 Å². The third kappa shape index (κ3) is 2.51. The molecule has 0 saturated carbocycles. The van der Waals surface area contributed by atoms with Crippen LogP contribution in [0, 0.1) is 13.8 Å². The van der Waals surface area contributed by atoms with E-state index in [0.29, 0.717) is 0 Å². The summed E-state index contributed by atoms with van der Waals surface area (Å²) in [6.45, 7) is 6.51. The van der Waals surface area contributed by atoms with Crippen LogP contribution in [0.2, 0.25) is 0 Å². The molecule has 0 aliphatic rings. The van der Waals surface area contributed by atoms with Crippen LogP contribution in [0.1, 0.15) is 29.5 Å². The van der Waals surface area contributed by atoms with E-state index in [4.69, 9.17) is 5.11 Å². The summed E-state index contributed by atoms with van der Waals surface area (Å²) < 4.78 is 0. The summed E-state index contributed by atoms with van der Waals surface area (Å²) in [6.07, 6.45) is 0. The minimum atomic E-state index is 0.204. The monoisotopic (exact) mass is 207 g/mol. The lowest BCUT2D eigenvalue weighted by Gasteiger charge is -2.20. The standard InChI is InChI=1S/C13H21NO/c1-9-6-12(10(2)8-15)7-13(11(9)3)14(4)5/h6-7,10,15H,8H2,1-5H3. The van der Waals surface area contributed by atoms with Crippen molar-refractivity contribution in [1.82, 2.24) is 0 Å². The van der Waals surface area contributed by atoms with Gasteiger partial charge in [0.15, 0.2) is 0 Å². The summed E-state index contributed by atoms with van der Waals surface area (Å²) in [4.78, 5) is 2.12. The van der Waals surface area contributed by atoms with Gasteiger partial charge in [-0.05, 0) is 36.6 Å². The number of aliphatic hydroxyl groups excluding tert-OH is 1. The van der Waals surface area contributed by atoms with Crippen LogP contribution in [0.4, 0.5) is 5.69 Å². The number of aryl methyl sites for hydroxylation is 1. The Morgan fingerprint density at radius 3 is 2.33 bits per heavy atom. The van der Waals surface area contributed by atoms with E-state index >= 15 is 0 Å². The zero-order valence-electron chi connectivity index (χ0n) is 10.3. The summed E-state index contributed by atoms with van der Waals surface area (Å²) in [5, 5.41) is 9.16. The highest BCUT2D eigenvalue weighted by molar-refractivity contribution is 5.57. The van der Waals surface area contributed by atoms with Gasteiger partial charge in [0.2, 0.25) is 0 Å². The number of benzene rings is 1. The molecule has 0 aliphatic heterocycles. The third-order valence-electron chi connectivity index (χ3n) is 2.99. The summed E-state index contributed by atoms with van der Waals surface area (Å²) in [6, 6.07) is 4.34. The number of anilines is 1. The summed E-state index contributed by atoms with van der Waals surface area (Å²) in [7, 11) is 4.10. The zero-order chi connectivity index (χ0) is 11.6. The van der Waals surface area contributed by atoms with Gasteiger partial charge in [-0.25, -0.2) is 0 Å². The quantitative estimate of drug-likeness (QED) is 0.823. The Bertz CT molecular complexity index is 345. The second-order valence-electron chi connectivity index (χ2n) is 4.46. The highest BCUT2D eigenvalue weighted by Crippen LogP contribution is 2.27. The van der Waals surface area contributed by atoms with Crippen LogP contribution < -0.4 is 4.90 Å². The Morgan fingerprint density at radius 1 is 1.27 bits per heavy atom. The van der Waals surface area contributed by atoms with E-state index in [0.717, 1.165) is 0 Å². The van der Waals surface area contributed by atoms with E-state index in [2.05, 4.69) is 45.0 Å². The maximum atomic E-state index is 9.16. The number of nitrogens with zero attached hydrogens (tertiary/aromatic N) is 1. The van der Waals surface area contributed by atoms with Crippen molar-refractivity contribution in [3.8, 4) is 0 Å². The van der Waals surface area contributed by atoms with Crippen LogP contribution in [0.25, 0.3) is 0 Å². The highest BCUT2D eigenvalue weighted by atomic mass is 16.3. The first kappa shape index (κ1) is 12.1. The molecule has 1 N–H and O–H groups in total. The van der Waals surface area contributed by atoms with Crippen molar-refractivity contribution in [1.29, 1.82) is 0 Å². The Balaban J connectivity index is 3.23. The normalized spacial score (nSPS) is 12.7. The third-order valence-corrected chi connectivity index (χ3v) is 2.99. The molecule has 0 fully saturated rings. The molecule has 15 heavy (non-hydrogen) atoms. The molecule has 84 valence electrons. The number of aliphatic hydroxyl groups is 1. The van der Waals surface area contributed by atoms with Gasteiger partial charge in [0.1, 0.15) is 0 Å². The largest absolute Gasteiger partial charge is 0.396 e. The van der Waals surface area contributed by atoms with Crippen molar-refractivity contribution in [2.75, 3.05) is 25.6 Å². The lowest BCUT2D eigenvalue weighted by Crippen LogP contribution is -2.12. The molecule has 0 spiro atoms. The topological polar surface area (TPSA) is 23.5 Å².